The van der Waals surface area contributed by atoms with E-state index in [1.54, 1.807) is 35.1 Å². The zero-order chi connectivity index (χ0) is 27.1. The quantitative estimate of drug-likeness (QED) is 0.458. The molecule has 0 bridgehead atoms. The highest BCUT2D eigenvalue weighted by Gasteiger charge is 2.30. The number of amides is 2. The number of carbonyl (C=O) groups is 2. The average Bonchev–Trinajstić information content (AvgIpc) is 3.71. The Kier molecular flexibility index (Phi) is 7.03. The molecule has 2 fully saturated rings. The van der Waals surface area contributed by atoms with Crippen LogP contribution in [0.25, 0.3) is 0 Å². The number of benzene rings is 2. The summed E-state index contributed by atoms with van der Waals surface area (Å²) in [6.45, 7) is 3.53. The average molecular weight is 551 g/mol. The van der Waals surface area contributed by atoms with E-state index in [0.29, 0.717) is 22.0 Å². The summed E-state index contributed by atoms with van der Waals surface area (Å²) >= 11 is 6.23. The number of rotatable bonds is 6. The van der Waals surface area contributed by atoms with Gasteiger partial charge in [0.05, 0.1) is 29.7 Å². The Morgan fingerprint density at radius 1 is 1.13 bits per heavy atom. The molecule has 0 spiro atoms. The van der Waals surface area contributed by atoms with Crippen molar-refractivity contribution in [1.82, 2.24) is 20.0 Å². The minimum atomic E-state index is -0.626. The van der Waals surface area contributed by atoms with Crippen molar-refractivity contribution in [2.24, 2.45) is 18.9 Å². The van der Waals surface area contributed by atoms with Crippen molar-refractivity contribution in [2.75, 3.05) is 29.9 Å². The van der Waals surface area contributed by atoms with Crippen molar-refractivity contribution in [3.05, 3.63) is 70.1 Å². The lowest BCUT2D eigenvalue weighted by Gasteiger charge is -2.31. The normalized spacial score (nSPS) is 17.7. The van der Waals surface area contributed by atoms with E-state index in [1.807, 2.05) is 7.05 Å². The fourth-order valence-electron chi connectivity index (χ4n) is 5.53. The van der Waals surface area contributed by atoms with Crippen LogP contribution in [-0.4, -0.2) is 46.1 Å². The molecule has 3 aromatic rings. The number of hydrogen-bond donors (Lipinski definition) is 2. The second-order valence-corrected chi connectivity index (χ2v) is 11.3. The van der Waals surface area contributed by atoms with Crippen LogP contribution in [0.1, 0.15) is 47.2 Å². The molecule has 204 valence electrons. The number of halogens is 2. The first-order valence-corrected chi connectivity index (χ1v) is 13.9. The number of aryl methyl sites for hydroxylation is 1. The van der Waals surface area contributed by atoms with Gasteiger partial charge in [0.2, 0.25) is 5.91 Å². The molecule has 2 N–H and O–H groups in total. The van der Waals surface area contributed by atoms with Gasteiger partial charge in [0.1, 0.15) is 11.6 Å². The van der Waals surface area contributed by atoms with E-state index < -0.39 is 11.7 Å². The number of aromatic nitrogens is 2. The zero-order valence-corrected chi connectivity index (χ0v) is 22.7. The third-order valence-electron chi connectivity index (χ3n) is 7.99. The van der Waals surface area contributed by atoms with E-state index in [-0.39, 0.29) is 30.5 Å². The van der Waals surface area contributed by atoms with Gasteiger partial charge in [-0.2, -0.15) is 5.10 Å². The van der Waals surface area contributed by atoms with Crippen molar-refractivity contribution in [3.8, 4) is 0 Å². The Hall–Kier alpha value is -3.43. The molecular formula is C29H32ClFN6O2. The molecule has 2 amide bonds. The summed E-state index contributed by atoms with van der Waals surface area (Å²) in [5, 5.41) is 11.1. The fourth-order valence-corrected chi connectivity index (χ4v) is 5.70. The molecule has 1 aromatic heterocycles. The number of carbonyl (C=O) groups excluding carboxylic acids is 2. The van der Waals surface area contributed by atoms with E-state index in [0.717, 1.165) is 49.8 Å². The zero-order valence-electron chi connectivity index (χ0n) is 21.9. The number of anilines is 3. The molecule has 0 radical (unpaired) electrons. The number of hydrogen-bond acceptors (Lipinski definition) is 5. The number of likely N-dealkylation sites (tertiary alicyclic amines) is 1. The Morgan fingerprint density at radius 3 is 2.67 bits per heavy atom. The predicted molar refractivity (Wildman–Crippen MR) is 149 cm³/mol. The number of nitrogens with one attached hydrogen (secondary N) is 2. The van der Waals surface area contributed by atoms with Crippen LogP contribution in [0.3, 0.4) is 0 Å². The van der Waals surface area contributed by atoms with Crippen LogP contribution in [0, 0.1) is 17.7 Å². The Morgan fingerprint density at radius 2 is 1.92 bits per heavy atom. The summed E-state index contributed by atoms with van der Waals surface area (Å²) < 4.78 is 17.0. The van der Waals surface area contributed by atoms with E-state index in [9.17, 15) is 9.59 Å². The van der Waals surface area contributed by atoms with E-state index in [4.69, 9.17) is 11.6 Å². The minimum absolute atomic E-state index is 0.00580. The first kappa shape index (κ1) is 25.8. The molecule has 1 saturated carbocycles. The highest BCUT2D eigenvalue weighted by molar-refractivity contribution is 6.31. The molecular weight excluding hydrogens is 519 g/mol. The molecule has 2 aliphatic heterocycles. The Bertz CT molecular complexity index is 1410. The smallest absolute Gasteiger partial charge is 0.261 e. The minimum Gasteiger partial charge on any atom is -0.352 e. The van der Waals surface area contributed by atoms with Gasteiger partial charge in [-0.3, -0.25) is 14.3 Å². The maximum atomic E-state index is 15.3. The fraction of sp³-hybridized carbons (Fsp3) is 0.414. The molecule has 0 atom stereocenters. The van der Waals surface area contributed by atoms with E-state index in [1.165, 1.54) is 29.9 Å². The summed E-state index contributed by atoms with van der Waals surface area (Å²) in [7, 11) is 1.81. The lowest BCUT2D eigenvalue weighted by molar-refractivity contribution is -0.126. The van der Waals surface area contributed by atoms with Crippen molar-refractivity contribution in [2.45, 2.75) is 38.8 Å². The molecule has 1 saturated heterocycles. The first-order chi connectivity index (χ1) is 18.9. The molecule has 10 heteroatoms. The molecule has 3 heterocycles. The third-order valence-corrected chi connectivity index (χ3v) is 8.23. The van der Waals surface area contributed by atoms with Crippen LogP contribution >= 0.6 is 11.6 Å². The van der Waals surface area contributed by atoms with Crippen LogP contribution in [-0.2, 0) is 24.9 Å². The standard InChI is InChI=1S/C29H32ClFN6O2/c1-35-27-21(15-33-35)17-37(26-7-5-22(30)13-25(26)34-27)29(39)23-6-4-19(12-24(23)31)14-32-28(38)20-8-10-36(11-9-20)16-18-2-3-18/h4-7,12-13,15,18,20,34H,2-3,8-11,14,16-17H2,1H3,(H,32,38). The Labute approximate surface area is 232 Å². The summed E-state index contributed by atoms with van der Waals surface area (Å²) in [6, 6.07) is 9.71. The summed E-state index contributed by atoms with van der Waals surface area (Å²) in [5.41, 5.74) is 2.61. The van der Waals surface area contributed by atoms with Crippen LogP contribution in [0.4, 0.5) is 21.6 Å². The van der Waals surface area contributed by atoms with Crippen LogP contribution in [0.2, 0.25) is 5.02 Å². The monoisotopic (exact) mass is 550 g/mol. The van der Waals surface area contributed by atoms with Gasteiger partial charge in [-0.1, -0.05) is 17.7 Å². The highest BCUT2D eigenvalue weighted by Crippen LogP contribution is 2.38. The summed E-state index contributed by atoms with van der Waals surface area (Å²) in [6.07, 6.45) is 6.08. The highest BCUT2D eigenvalue weighted by atomic mass is 35.5. The van der Waals surface area contributed by atoms with Crippen molar-refractivity contribution < 1.29 is 14.0 Å². The van der Waals surface area contributed by atoms with Gasteiger partial charge >= 0.3 is 0 Å². The van der Waals surface area contributed by atoms with Crippen molar-refractivity contribution in [1.29, 1.82) is 0 Å². The van der Waals surface area contributed by atoms with Gasteiger partial charge in [-0.25, -0.2) is 4.39 Å². The molecule has 8 nitrogen and oxygen atoms in total. The molecule has 1 aliphatic carbocycles. The van der Waals surface area contributed by atoms with Crippen LogP contribution in [0.15, 0.2) is 42.6 Å². The number of nitrogens with zero attached hydrogens (tertiary/aromatic N) is 4. The van der Waals surface area contributed by atoms with Crippen LogP contribution < -0.4 is 15.5 Å². The second-order valence-electron chi connectivity index (χ2n) is 10.9. The van der Waals surface area contributed by atoms with Gasteiger partial charge in [0, 0.05) is 36.6 Å². The van der Waals surface area contributed by atoms with Gasteiger partial charge in [-0.05, 0) is 80.6 Å². The van der Waals surface area contributed by atoms with Crippen LogP contribution in [0.5, 0.6) is 0 Å². The van der Waals surface area contributed by atoms with Gasteiger partial charge in [0.25, 0.3) is 5.91 Å². The molecule has 0 unspecified atom stereocenters. The van der Waals surface area contributed by atoms with Gasteiger partial charge in [-0.15, -0.1) is 0 Å². The predicted octanol–water partition coefficient (Wildman–Crippen LogP) is 4.85. The summed E-state index contributed by atoms with van der Waals surface area (Å²) in [4.78, 5) is 30.4. The molecule has 3 aliphatic rings. The SMILES string of the molecule is Cn1ncc2c1Nc1cc(Cl)ccc1N(C(=O)c1ccc(CNC(=O)C3CCN(CC4CC4)CC3)cc1F)C2. The maximum Gasteiger partial charge on any atom is 0.261 e. The topological polar surface area (TPSA) is 82.5 Å². The van der Waals surface area contributed by atoms with Gasteiger partial charge in [0.15, 0.2) is 0 Å². The lowest BCUT2D eigenvalue weighted by Crippen LogP contribution is -2.41. The van der Waals surface area contributed by atoms with E-state index >= 15 is 4.39 Å². The van der Waals surface area contributed by atoms with Gasteiger partial charge < -0.3 is 20.4 Å². The second kappa shape index (κ2) is 10.6. The maximum absolute atomic E-state index is 15.3. The molecule has 39 heavy (non-hydrogen) atoms. The summed E-state index contributed by atoms with van der Waals surface area (Å²) in [5.74, 6) is 0.517. The third kappa shape index (κ3) is 5.51. The molecule has 2 aromatic carbocycles. The Balaban J connectivity index is 1.13. The van der Waals surface area contributed by atoms with E-state index in [2.05, 4.69) is 20.6 Å². The lowest BCUT2D eigenvalue weighted by atomic mass is 9.95. The van der Waals surface area contributed by atoms with Crippen molar-refractivity contribution >= 4 is 40.6 Å². The number of piperidine rings is 1. The number of fused-ring (bicyclic) bond motifs is 2. The first-order valence-electron chi connectivity index (χ1n) is 13.5. The largest absolute Gasteiger partial charge is 0.352 e. The molecule has 6 rings (SSSR count). The van der Waals surface area contributed by atoms with Crippen molar-refractivity contribution in [3.63, 3.8) is 0 Å².